The van der Waals surface area contributed by atoms with Gasteiger partial charge in [-0.1, -0.05) is 43.1 Å². The van der Waals surface area contributed by atoms with Crippen LogP contribution >= 0.6 is 23.2 Å². The summed E-state index contributed by atoms with van der Waals surface area (Å²) >= 11 is 12.0. The minimum absolute atomic E-state index is 0.0726. The normalized spacial score (nSPS) is 23.8. The predicted molar refractivity (Wildman–Crippen MR) is 84.8 cm³/mol. The molecule has 1 aliphatic rings. The van der Waals surface area contributed by atoms with Crippen LogP contribution in [-0.4, -0.2) is 30.3 Å². The number of hydrogen-bond acceptors (Lipinski definition) is 2. The molecule has 0 aromatic heterocycles. The van der Waals surface area contributed by atoms with E-state index in [9.17, 15) is 4.79 Å². The second-order valence-electron chi connectivity index (χ2n) is 5.98. The van der Waals surface area contributed by atoms with Gasteiger partial charge in [0.1, 0.15) is 0 Å². The summed E-state index contributed by atoms with van der Waals surface area (Å²) in [4.78, 5) is 14.6. The lowest BCUT2D eigenvalue weighted by Gasteiger charge is -2.34. The van der Waals surface area contributed by atoms with Gasteiger partial charge in [-0.15, -0.1) is 0 Å². The number of likely N-dealkylation sites (tertiary alicyclic amines) is 1. The zero-order valence-corrected chi connectivity index (χ0v) is 13.5. The van der Waals surface area contributed by atoms with Crippen molar-refractivity contribution in [1.29, 1.82) is 0 Å². The fourth-order valence-corrected chi connectivity index (χ4v) is 3.49. The van der Waals surface area contributed by atoms with E-state index in [4.69, 9.17) is 23.2 Å². The molecule has 0 radical (unpaired) electrons. The molecule has 0 aliphatic carbocycles. The standard InChI is InChI=1S/C16H21Cl2NO/c1-11-8-12(2)10-19(9-11)7-6-15(20)13-4-3-5-14(17)16(13)18/h3-5,11-12H,6-10H2,1-2H3. The molecule has 0 N–H and O–H groups in total. The molecule has 2 rings (SSSR count). The van der Waals surface area contributed by atoms with Crippen molar-refractivity contribution in [1.82, 2.24) is 4.90 Å². The molecule has 110 valence electrons. The van der Waals surface area contributed by atoms with Crippen molar-refractivity contribution in [2.75, 3.05) is 19.6 Å². The number of piperidine rings is 1. The van der Waals surface area contributed by atoms with Crippen LogP contribution in [0.1, 0.15) is 37.0 Å². The van der Waals surface area contributed by atoms with Gasteiger partial charge in [-0.3, -0.25) is 4.79 Å². The Kier molecular flexibility index (Phi) is 5.48. The average molecular weight is 314 g/mol. The molecule has 2 unspecified atom stereocenters. The SMILES string of the molecule is CC1CC(C)CN(CCC(=O)c2cccc(Cl)c2Cl)C1. The molecule has 1 heterocycles. The number of halogens is 2. The second-order valence-corrected chi connectivity index (χ2v) is 6.77. The Morgan fingerprint density at radius 3 is 2.55 bits per heavy atom. The molecule has 2 atom stereocenters. The first-order chi connectivity index (χ1) is 9.47. The van der Waals surface area contributed by atoms with Gasteiger partial charge in [0.15, 0.2) is 5.78 Å². The number of Topliss-reactive ketones (excluding diaryl/α,β-unsaturated/α-hetero) is 1. The van der Waals surface area contributed by atoms with E-state index in [-0.39, 0.29) is 5.78 Å². The lowest BCUT2D eigenvalue weighted by Crippen LogP contribution is -2.39. The van der Waals surface area contributed by atoms with Crippen LogP contribution < -0.4 is 0 Å². The topological polar surface area (TPSA) is 20.3 Å². The lowest BCUT2D eigenvalue weighted by molar-refractivity contribution is 0.0926. The highest BCUT2D eigenvalue weighted by Crippen LogP contribution is 2.27. The van der Waals surface area contributed by atoms with E-state index in [2.05, 4.69) is 18.7 Å². The maximum atomic E-state index is 12.3. The molecule has 20 heavy (non-hydrogen) atoms. The summed E-state index contributed by atoms with van der Waals surface area (Å²) in [6.07, 6.45) is 1.78. The minimum Gasteiger partial charge on any atom is -0.302 e. The van der Waals surface area contributed by atoms with Gasteiger partial charge in [-0.2, -0.15) is 0 Å². The Morgan fingerprint density at radius 1 is 1.25 bits per heavy atom. The fourth-order valence-electron chi connectivity index (χ4n) is 3.09. The van der Waals surface area contributed by atoms with E-state index in [0.717, 1.165) is 19.6 Å². The highest BCUT2D eigenvalue weighted by atomic mass is 35.5. The van der Waals surface area contributed by atoms with Gasteiger partial charge in [-0.05, 0) is 30.4 Å². The first-order valence-electron chi connectivity index (χ1n) is 7.17. The molecule has 1 aromatic carbocycles. The molecule has 1 aliphatic heterocycles. The van der Waals surface area contributed by atoms with E-state index in [1.54, 1.807) is 18.2 Å². The summed E-state index contributed by atoms with van der Waals surface area (Å²) in [5, 5.41) is 0.817. The molecular formula is C16H21Cl2NO. The molecular weight excluding hydrogens is 293 g/mol. The highest BCUT2D eigenvalue weighted by molar-refractivity contribution is 6.43. The number of hydrogen-bond donors (Lipinski definition) is 0. The Bertz CT molecular complexity index is 479. The zero-order valence-electron chi connectivity index (χ0n) is 12.0. The van der Waals surface area contributed by atoms with Gasteiger partial charge in [0.05, 0.1) is 10.0 Å². The first-order valence-corrected chi connectivity index (χ1v) is 7.92. The smallest absolute Gasteiger partial charge is 0.165 e. The lowest BCUT2D eigenvalue weighted by atomic mass is 9.91. The summed E-state index contributed by atoms with van der Waals surface area (Å²) in [6.45, 7) is 7.52. The number of rotatable bonds is 4. The maximum absolute atomic E-state index is 12.3. The van der Waals surface area contributed by atoms with E-state index < -0.39 is 0 Å². The molecule has 1 saturated heterocycles. The van der Waals surface area contributed by atoms with Crippen LogP contribution in [0.2, 0.25) is 10.0 Å². The van der Waals surface area contributed by atoms with Crippen molar-refractivity contribution >= 4 is 29.0 Å². The van der Waals surface area contributed by atoms with Crippen LogP contribution in [0.3, 0.4) is 0 Å². The van der Waals surface area contributed by atoms with Crippen molar-refractivity contribution in [2.24, 2.45) is 11.8 Å². The van der Waals surface area contributed by atoms with Gasteiger partial charge < -0.3 is 4.90 Å². The van der Waals surface area contributed by atoms with Gasteiger partial charge >= 0.3 is 0 Å². The molecule has 2 nitrogen and oxygen atoms in total. The zero-order chi connectivity index (χ0) is 14.7. The number of carbonyl (C=O) groups is 1. The van der Waals surface area contributed by atoms with Crippen molar-refractivity contribution in [3.05, 3.63) is 33.8 Å². The number of nitrogens with zero attached hydrogens (tertiary/aromatic N) is 1. The second kappa shape index (κ2) is 6.93. The van der Waals surface area contributed by atoms with Gasteiger partial charge in [0.25, 0.3) is 0 Å². The van der Waals surface area contributed by atoms with Gasteiger partial charge in [0, 0.05) is 31.6 Å². The summed E-state index contributed by atoms with van der Waals surface area (Å²) in [5.41, 5.74) is 0.539. The van der Waals surface area contributed by atoms with Crippen molar-refractivity contribution in [3.8, 4) is 0 Å². The van der Waals surface area contributed by atoms with Gasteiger partial charge in [0.2, 0.25) is 0 Å². The largest absolute Gasteiger partial charge is 0.302 e. The Balaban J connectivity index is 1.93. The molecule has 1 fully saturated rings. The third-order valence-electron chi connectivity index (χ3n) is 3.85. The summed E-state index contributed by atoms with van der Waals surface area (Å²) in [6, 6.07) is 5.22. The van der Waals surface area contributed by atoms with Crippen LogP contribution in [0.15, 0.2) is 18.2 Å². The van der Waals surface area contributed by atoms with E-state index in [1.165, 1.54) is 6.42 Å². The maximum Gasteiger partial charge on any atom is 0.165 e. The van der Waals surface area contributed by atoms with E-state index >= 15 is 0 Å². The van der Waals surface area contributed by atoms with Crippen molar-refractivity contribution in [3.63, 3.8) is 0 Å². The average Bonchev–Trinajstić information content (AvgIpc) is 2.38. The molecule has 4 heteroatoms. The Hall–Kier alpha value is -0.570. The first kappa shape index (κ1) is 15.8. The van der Waals surface area contributed by atoms with Crippen LogP contribution in [0.25, 0.3) is 0 Å². The van der Waals surface area contributed by atoms with Crippen LogP contribution in [0.4, 0.5) is 0 Å². The summed E-state index contributed by atoms with van der Waals surface area (Å²) < 4.78 is 0. The highest BCUT2D eigenvalue weighted by Gasteiger charge is 2.22. The minimum atomic E-state index is 0.0726. The molecule has 1 aromatic rings. The van der Waals surface area contributed by atoms with Gasteiger partial charge in [-0.25, -0.2) is 0 Å². The number of ketones is 1. The summed E-state index contributed by atoms with van der Waals surface area (Å²) in [5.74, 6) is 1.50. The predicted octanol–water partition coefficient (Wildman–Crippen LogP) is 4.54. The van der Waals surface area contributed by atoms with Crippen LogP contribution in [0.5, 0.6) is 0 Å². The van der Waals surface area contributed by atoms with Crippen molar-refractivity contribution in [2.45, 2.75) is 26.7 Å². The molecule has 0 bridgehead atoms. The third-order valence-corrected chi connectivity index (χ3v) is 4.67. The molecule has 0 saturated carbocycles. The monoisotopic (exact) mass is 313 g/mol. The quantitative estimate of drug-likeness (QED) is 0.760. The summed E-state index contributed by atoms with van der Waals surface area (Å²) in [7, 11) is 0. The van der Waals surface area contributed by atoms with Crippen molar-refractivity contribution < 1.29 is 4.79 Å². The molecule has 0 amide bonds. The number of carbonyl (C=O) groups excluding carboxylic acids is 1. The van der Waals surface area contributed by atoms with E-state index in [1.807, 2.05) is 0 Å². The molecule has 0 spiro atoms. The van der Waals surface area contributed by atoms with Crippen LogP contribution in [0, 0.1) is 11.8 Å². The number of benzene rings is 1. The van der Waals surface area contributed by atoms with E-state index in [0.29, 0.717) is 33.9 Å². The Labute approximate surface area is 131 Å². The fraction of sp³-hybridized carbons (Fsp3) is 0.562. The third kappa shape index (κ3) is 3.97. The van der Waals surface area contributed by atoms with Crippen LogP contribution in [-0.2, 0) is 0 Å². The Morgan fingerprint density at radius 2 is 1.90 bits per heavy atom.